The molecule has 0 amide bonds. The summed E-state index contributed by atoms with van der Waals surface area (Å²) in [5, 5.41) is 1.80. The topological polar surface area (TPSA) is 72.6 Å². The Morgan fingerprint density at radius 3 is 2.72 bits per heavy atom. The number of hydrogen-bond donors (Lipinski definition) is 1. The lowest BCUT2D eigenvalue weighted by Gasteiger charge is -2.29. The maximum Gasteiger partial charge on any atom is 0.252 e. The molecule has 2 heterocycles. The fourth-order valence-electron chi connectivity index (χ4n) is 1.98. The molecule has 0 atom stereocenters. The highest BCUT2D eigenvalue weighted by Crippen LogP contribution is 2.26. The van der Waals surface area contributed by atoms with Crippen LogP contribution in [0.1, 0.15) is 18.4 Å². The Bertz CT molecular complexity index is 492. The van der Waals surface area contributed by atoms with Crippen molar-refractivity contribution in [1.82, 2.24) is 4.31 Å². The second kappa shape index (κ2) is 5.66. The summed E-state index contributed by atoms with van der Waals surface area (Å²) in [6, 6.07) is 1.70. The van der Waals surface area contributed by atoms with E-state index in [0.29, 0.717) is 24.0 Å². The van der Waals surface area contributed by atoms with E-state index in [0.717, 1.165) is 18.4 Å². The zero-order valence-corrected chi connectivity index (χ0v) is 12.0. The van der Waals surface area contributed by atoms with Gasteiger partial charge in [-0.2, -0.15) is 4.31 Å². The Kier molecular flexibility index (Phi) is 4.39. The zero-order valence-electron chi connectivity index (χ0n) is 10.3. The average Bonchev–Trinajstić information content (AvgIpc) is 2.88. The minimum Gasteiger partial charge on any atom is -0.381 e. The minimum absolute atomic E-state index is 0.0344. The van der Waals surface area contributed by atoms with Gasteiger partial charge in [0.15, 0.2) is 0 Å². The first-order valence-electron chi connectivity index (χ1n) is 5.89. The molecule has 1 aromatic rings. The molecule has 0 spiro atoms. The predicted octanol–water partition coefficient (Wildman–Crippen LogP) is 1.01. The summed E-state index contributed by atoms with van der Waals surface area (Å²) in [5.74, 6) is 0. The number of nitrogens with zero attached hydrogens (tertiary/aromatic N) is 1. The van der Waals surface area contributed by atoms with Crippen LogP contribution in [0.2, 0.25) is 0 Å². The van der Waals surface area contributed by atoms with Gasteiger partial charge in [-0.15, -0.1) is 11.3 Å². The third-order valence-corrected chi connectivity index (χ3v) is 6.58. The molecule has 1 aromatic heterocycles. The number of hydrogen-bond acceptors (Lipinski definition) is 5. The van der Waals surface area contributed by atoms with Crippen molar-refractivity contribution in [2.45, 2.75) is 29.6 Å². The molecule has 2 rings (SSSR count). The molecule has 0 bridgehead atoms. The van der Waals surface area contributed by atoms with Crippen molar-refractivity contribution in [1.29, 1.82) is 0 Å². The number of thiophene rings is 1. The SMILES string of the molecule is CN(C1CCOCC1)S(=O)(=O)c1cc(CN)cs1. The van der Waals surface area contributed by atoms with Gasteiger partial charge in [0, 0.05) is 32.8 Å². The van der Waals surface area contributed by atoms with Crippen LogP contribution in [0.25, 0.3) is 0 Å². The Morgan fingerprint density at radius 1 is 1.50 bits per heavy atom. The van der Waals surface area contributed by atoms with Crippen molar-refractivity contribution in [3.8, 4) is 0 Å². The Hall–Kier alpha value is -0.470. The van der Waals surface area contributed by atoms with Gasteiger partial charge in [-0.25, -0.2) is 8.42 Å². The highest BCUT2D eigenvalue weighted by atomic mass is 32.2. The van der Waals surface area contributed by atoms with E-state index in [1.54, 1.807) is 18.5 Å². The largest absolute Gasteiger partial charge is 0.381 e. The number of sulfonamides is 1. The van der Waals surface area contributed by atoms with Crippen LogP contribution >= 0.6 is 11.3 Å². The van der Waals surface area contributed by atoms with Gasteiger partial charge in [-0.1, -0.05) is 0 Å². The van der Waals surface area contributed by atoms with Crippen molar-refractivity contribution in [2.24, 2.45) is 5.73 Å². The van der Waals surface area contributed by atoms with Gasteiger partial charge in [-0.3, -0.25) is 0 Å². The molecule has 102 valence electrons. The molecule has 0 aliphatic carbocycles. The van der Waals surface area contributed by atoms with Crippen molar-refractivity contribution in [2.75, 3.05) is 20.3 Å². The van der Waals surface area contributed by atoms with Gasteiger partial charge >= 0.3 is 0 Å². The summed E-state index contributed by atoms with van der Waals surface area (Å²) in [6.07, 6.45) is 1.51. The van der Waals surface area contributed by atoms with Crippen molar-refractivity contribution in [3.63, 3.8) is 0 Å². The molecular formula is C11H18N2O3S2. The van der Waals surface area contributed by atoms with Crippen molar-refractivity contribution in [3.05, 3.63) is 17.0 Å². The highest BCUT2D eigenvalue weighted by molar-refractivity contribution is 7.91. The van der Waals surface area contributed by atoms with Gasteiger partial charge < -0.3 is 10.5 Å². The minimum atomic E-state index is -3.39. The van der Waals surface area contributed by atoms with E-state index in [-0.39, 0.29) is 6.04 Å². The summed E-state index contributed by atoms with van der Waals surface area (Å²) in [7, 11) is -1.74. The monoisotopic (exact) mass is 290 g/mol. The number of rotatable bonds is 4. The van der Waals surface area contributed by atoms with Gasteiger partial charge in [0.05, 0.1) is 0 Å². The Balaban J connectivity index is 2.18. The van der Waals surface area contributed by atoms with Crippen LogP contribution < -0.4 is 5.73 Å². The molecule has 2 N–H and O–H groups in total. The summed E-state index contributed by atoms with van der Waals surface area (Å²) in [4.78, 5) is 0. The second-order valence-electron chi connectivity index (χ2n) is 4.34. The fourth-order valence-corrected chi connectivity index (χ4v) is 4.80. The molecule has 1 saturated heterocycles. The van der Waals surface area contributed by atoms with Crippen LogP contribution in [-0.2, 0) is 21.3 Å². The van der Waals surface area contributed by atoms with Gasteiger partial charge in [0.2, 0.25) is 0 Å². The van der Waals surface area contributed by atoms with Crippen LogP contribution in [0, 0.1) is 0 Å². The van der Waals surface area contributed by atoms with Gasteiger partial charge in [0.25, 0.3) is 10.0 Å². The summed E-state index contributed by atoms with van der Waals surface area (Å²) < 4.78 is 31.9. The van der Waals surface area contributed by atoms with Crippen molar-refractivity contribution >= 4 is 21.4 Å². The normalized spacial score (nSPS) is 18.4. The van der Waals surface area contributed by atoms with E-state index in [4.69, 9.17) is 10.5 Å². The molecule has 0 aromatic carbocycles. The van der Waals surface area contributed by atoms with Crippen LogP contribution in [0.4, 0.5) is 0 Å². The molecule has 5 nitrogen and oxygen atoms in total. The van der Waals surface area contributed by atoms with E-state index < -0.39 is 10.0 Å². The summed E-state index contributed by atoms with van der Waals surface area (Å²) in [5.41, 5.74) is 6.37. The van der Waals surface area contributed by atoms with Gasteiger partial charge in [0.1, 0.15) is 4.21 Å². The van der Waals surface area contributed by atoms with E-state index >= 15 is 0 Å². The zero-order chi connectivity index (χ0) is 13.2. The highest BCUT2D eigenvalue weighted by Gasteiger charge is 2.30. The fraction of sp³-hybridized carbons (Fsp3) is 0.636. The Morgan fingerprint density at radius 2 is 2.17 bits per heavy atom. The summed E-state index contributed by atoms with van der Waals surface area (Å²) >= 11 is 1.23. The first-order valence-corrected chi connectivity index (χ1v) is 8.21. The maximum atomic E-state index is 12.4. The van der Waals surface area contributed by atoms with Crippen molar-refractivity contribution < 1.29 is 13.2 Å². The van der Waals surface area contributed by atoms with E-state index in [9.17, 15) is 8.42 Å². The molecular weight excluding hydrogens is 272 g/mol. The predicted molar refractivity (Wildman–Crippen MR) is 71.0 cm³/mol. The second-order valence-corrected chi connectivity index (χ2v) is 7.48. The first-order chi connectivity index (χ1) is 8.55. The van der Waals surface area contributed by atoms with E-state index in [1.807, 2.05) is 0 Å². The molecule has 1 aliphatic heterocycles. The average molecular weight is 290 g/mol. The standard InChI is InChI=1S/C11H18N2O3S2/c1-13(10-2-4-16-5-3-10)18(14,15)11-6-9(7-12)8-17-11/h6,8,10H,2-5,7,12H2,1H3. The molecule has 0 unspecified atom stereocenters. The van der Waals surface area contributed by atoms with Crippen LogP contribution in [0.3, 0.4) is 0 Å². The Labute approximate surface area is 112 Å². The number of nitrogens with two attached hydrogens (primary N) is 1. The van der Waals surface area contributed by atoms with Crippen LogP contribution in [0.15, 0.2) is 15.7 Å². The molecule has 7 heteroatoms. The molecule has 18 heavy (non-hydrogen) atoms. The van der Waals surface area contributed by atoms with Crippen LogP contribution in [-0.4, -0.2) is 39.0 Å². The van der Waals surface area contributed by atoms with E-state index in [2.05, 4.69) is 0 Å². The quantitative estimate of drug-likeness (QED) is 0.898. The lowest BCUT2D eigenvalue weighted by Crippen LogP contribution is -2.40. The lowest BCUT2D eigenvalue weighted by atomic mass is 10.1. The van der Waals surface area contributed by atoms with Gasteiger partial charge in [-0.05, 0) is 29.9 Å². The third-order valence-electron chi connectivity index (χ3n) is 3.20. The number of ether oxygens (including phenoxy) is 1. The van der Waals surface area contributed by atoms with Crippen LogP contribution in [0.5, 0.6) is 0 Å². The van der Waals surface area contributed by atoms with E-state index in [1.165, 1.54) is 15.6 Å². The third kappa shape index (κ3) is 2.75. The smallest absolute Gasteiger partial charge is 0.252 e. The molecule has 0 radical (unpaired) electrons. The lowest BCUT2D eigenvalue weighted by molar-refractivity contribution is 0.0632. The molecule has 1 aliphatic rings. The maximum absolute atomic E-state index is 12.4. The molecule has 0 saturated carbocycles. The summed E-state index contributed by atoms with van der Waals surface area (Å²) in [6.45, 7) is 1.62. The molecule has 1 fully saturated rings. The first kappa shape index (κ1) is 14.0.